The molecule has 100 valence electrons. The van der Waals surface area contributed by atoms with Crippen LogP contribution >= 0.6 is 11.3 Å². The van der Waals surface area contributed by atoms with E-state index in [9.17, 15) is 10.1 Å². The van der Waals surface area contributed by atoms with Crippen LogP contribution < -0.4 is 16.0 Å². The average Bonchev–Trinajstić information content (AvgIpc) is 2.85. The van der Waals surface area contributed by atoms with E-state index < -0.39 is 4.92 Å². The zero-order valence-corrected chi connectivity index (χ0v) is 10.8. The van der Waals surface area contributed by atoms with E-state index in [1.165, 1.54) is 17.4 Å². The summed E-state index contributed by atoms with van der Waals surface area (Å²) in [5.74, 6) is 5.64. The molecule has 0 bridgehead atoms. The molecule has 0 fully saturated rings. The monoisotopic (exact) mass is 281 g/mol. The maximum absolute atomic E-state index is 10.8. The van der Waals surface area contributed by atoms with Gasteiger partial charge >= 0.3 is 0 Å². The number of hydrogen-bond acceptors (Lipinski definition) is 8. The molecule has 1 heterocycles. The number of hydrazine groups is 1. The Balaban J connectivity index is 2.11. The van der Waals surface area contributed by atoms with Crippen LogP contribution in [0.2, 0.25) is 0 Å². The number of nitro groups is 1. The standard InChI is InChI=1S/C10H11N5O3S/c1-6-7(15(16)17)3-2-4-8(6)18-5-9-13-14-10(12-11)19-9/h2-4H,5,11H2,1H3,(H,12,14). The van der Waals surface area contributed by atoms with E-state index in [2.05, 4.69) is 15.6 Å². The van der Waals surface area contributed by atoms with Crippen molar-refractivity contribution in [2.45, 2.75) is 13.5 Å². The van der Waals surface area contributed by atoms with Crippen LogP contribution in [0.25, 0.3) is 0 Å². The number of nitro benzene ring substituents is 1. The van der Waals surface area contributed by atoms with Crippen molar-refractivity contribution in [1.82, 2.24) is 10.2 Å². The lowest BCUT2D eigenvalue weighted by Gasteiger charge is -2.07. The zero-order valence-electron chi connectivity index (χ0n) is 9.99. The van der Waals surface area contributed by atoms with E-state index in [0.717, 1.165) is 0 Å². The highest BCUT2D eigenvalue weighted by molar-refractivity contribution is 7.15. The molecule has 0 spiro atoms. The van der Waals surface area contributed by atoms with Crippen LogP contribution in [0.15, 0.2) is 18.2 Å². The van der Waals surface area contributed by atoms with Gasteiger partial charge in [0.25, 0.3) is 5.69 Å². The molecule has 2 aromatic rings. The second-order valence-corrected chi connectivity index (χ2v) is 4.65. The molecule has 0 aliphatic rings. The quantitative estimate of drug-likeness (QED) is 0.486. The first-order valence-corrected chi connectivity index (χ1v) is 6.09. The number of nitrogens with two attached hydrogens (primary N) is 1. The Bertz CT molecular complexity index is 601. The van der Waals surface area contributed by atoms with E-state index in [1.807, 2.05) is 0 Å². The van der Waals surface area contributed by atoms with Crippen molar-refractivity contribution in [2.75, 3.05) is 5.43 Å². The van der Waals surface area contributed by atoms with Crippen molar-refractivity contribution in [3.8, 4) is 5.75 Å². The fraction of sp³-hybridized carbons (Fsp3) is 0.200. The Labute approximate surface area is 112 Å². The third-order valence-electron chi connectivity index (χ3n) is 2.39. The van der Waals surface area contributed by atoms with Crippen molar-refractivity contribution < 1.29 is 9.66 Å². The first kappa shape index (κ1) is 13.2. The van der Waals surface area contributed by atoms with Gasteiger partial charge in [0, 0.05) is 6.07 Å². The van der Waals surface area contributed by atoms with Crippen molar-refractivity contribution in [3.63, 3.8) is 0 Å². The first-order valence-electron chi connectivity index (χ1n) is 5.27. The smallest absolute Gasteiger partial charge is 0.276 e. The number of ether oxygens (including phenoxy) is 1. The molecule has 19 heavy (non-hydrogen) atoms. The summed E-state index contributed by atoms with van der Waals surface area (Å²) in [4.78, 5) is 10.4. The molecule has 3 N–H and O–H groups in total. The SMILES string of the molecule is Cc1c(OCc2nnc(NN)s2)cccc1[N+](=O)[O-]. The zero-order chi connectivity index (χ0) is 13.8. The van der Waals surface area contributed by atoms with Gasteiger partial charge in [-0.2, -0.15) is 0 Å². The summed E-state index contributed by atoms with van der Waals surface area (Å²) in [6, 6.07) is 4.68. The highest BCUT2D eigenvalue weighted by Crippen LogP contribution is 2.28. The molecule has 0 aliphatic heterocycles. The summed E-state index contributed by atoms with van der Waals surface area (Å²) in [5.41, 5.74) is 2.89. The van der Waals surface area contributed by atoms with Crippen LogP contribution in [0.1, 0.15) is 10.6 Å². The van der Waals surface area contributed by atoms with E-state index in [-0.39, 0.29) is 12.3 Å². The lowest BCUT2D eigenvalue weighted by atomic mass is 10.2. The molecule has 2 rings (SSSR count). The summed E-state index contributed by atoms with van der Waals surface area (Å²) in [6.45, 7) is 1.82. The second-order valence-electron chi connectivity index (χ2n) is 3.59. The van der Waals surface area contributed by atoms with Gasteiger partial charge in [-0.05, 0) is 13.0 Å². The molecule has 8 nitrogen and oxygen atoms in total. The molecule has 1 aromatic carbocycles. The number of benzene rings is 1. The van der Waals surface area contributed by atoms with Crippen LogP contribution in [-0.2, 0) is 6.61 Å². The van der Waals surface area contributed by atoms with Crippen LogP contribution in [0, 0.1) is 17.0 Å². The van der Waals surface area contributed by atoms with Gasteiger partial charge in [0.15, 0.2) is 5.01 Å². The van der Waals surface area contributed by atoms with Gasteiger partial charge in [-0.15, -0.1) is 10.2 Å². The second kappa shape index (κ2) is 5.59. The molecule has 0 saturated carbocycles. The topological polar surface area (TPSA) is 116 Å². The molecule has 0 amide bonds. The Kier molecular flexibility index (Phi) is 3.88. The normalized spacial score (nSPS) is 10.2. The highest BCUT2D eigenvalue weighted by Gasteiger charge is 2.14. The van der Waals surface area contributed by atoms with Gasteiger partial charge in [0.2, 0.25) is 5.13 Å². The summed E-state index contributed by atoms with van der Waals surface area (Å²) in [6.07, 6.45) is 0. The minimum atomic E-state index is -0.441. The Morgan fingerprint density at radius 1 is 1.53 bits per heavy atom. The number of nitrogens with one attached hydrogen (secondary N) is 1. The minimum Gasteiger partial charge on any atom is -0.486 e. The van der Waals surface area contributed by atoms with Gasteiger partial charge in [-0.25, -0.2) is 5.84 Å². The van der Waals surface area contributed by atoms with Crippen LogP contribution in [0.4, 0.5) is 10.8 Å². The Morgan fingerprint density at radius 2 is 2.32 bits per heavy atom. The molecule has 0 radical (unpaired) electrons. The van der Waals surface area contributed by atoms with Gasteiger partial charge in [0.1, 0.15) is 12.4 Å². The van der Waals surface area contributed by atoms with Gasteiger partial charge in [-0.1, -0.05) is 17.4 Å². The Morgan fingerprint density at radius 3 is 2.95 bits per heavy atom. The average molecular weight is 281 g/mol. The third-order valence-corrected chi connectivity index (χ3v) is 3.22. The fourth-order valence-corrected chi connectivity index (χ4v) is 2.03. The molecular formula is C10H11N5O3S. The first-order chi connectivity index (χ1) is 9.11. The van der Waals surface area contributed by atoms with E-state index in [4.69, 9.17) is 10.6 Å². The minimum absolute atomic E-state index is 0.0269. The highest BCUT2D eigenvalue weighted by atomic mass is 32.1. The number of aromatic nitrogens is 2. The largest absolute Gasteiger partial charge is 0.486 e. The summed E-state index contributed by atoms with van der Waals surface area (Å²) in [5, 5.41) is 19.5. The van der Waals surface area contributed by atoms with E-state index >= 15 is 0 Å². The van der Waals surface area contributed by atoms with Crippen molar-refractivity contribution in [3.05, 3.63) is 38.9 Å². The molecule has 1 aromatic heterocycles. The van der Waals surface area contributed by atoms with Crippen molar-refractivity contribution in [2.24, 2.45) is 5.84 Å². The third kappa shape index (κ3) is 2.95. The molecule has 0 atom stereocenters. The van der Waals surface area contributed by atoms with Gasteiger partial charge < -0.3 is 4.74 Å². The predicted octanol–water partition coefficient (Wildman–Crippen LogP) is 1.62. The van der Waals surface area contributed by atoms with Crippen molar-refractivity contribution >= 4 is 22.2 Å². The maximum Gasteiger partial charge on any atom is 0.276 e. The van der Waals surface area contributed by atoms with Gasteiger partial charge in [0.05, 0.1) is 10.5 Å². The number of hydrogen-bond donors (Lipinski definition) is 2. The lowest BCUT2D eigenvalue weighted by Crippen LogP contribution is -2.05. The maximum atomic E-state index is 10.8. The van der Waals surface area contributed by atoms with Crippen LogP contribution in [0.3, 0.4) is 0 Å². The summed E-state index contributed by atoms with van der Waals surface area (Å²) in [7, 11) is 0. The van der Waals surface area contributed by atoms with Crippen LogP contribution in [0.5, 0.6) is 5.75 Å². The van der Waals surface area contributed by atoms with Gasteiger partial charge in [-0.3, -0.25) is 15.5 Å². The Hall–Kier alpha value is -2.26. The molecular weight excluding hydrogens is 270 g/mol. The fourth-order valence-electron chi connectivity index (χ4n) is 1.47. The number of rotatable bonds is 5. The van der Waals surface area contributed by atoms with E-state index in [1.54, 1.807) is 19.1 Å². The van der Waals surface area contributed by atoms with Crippen LogP contribution in [-0.4, -0.2) is 15.1 Å². The summed E-state index contributed by atoms with van der Waals surface area (Å²) >= 11 is 1.25. The lowest BCUT2D eigenvalue weighted by molar-refractivity contribution is -0.385. The molecule has 0 unspecified atom stereocenters. The van der Waals surface area contributed by atoms with Crippen molar-refractivity contribution in [1.29, 1.82) is 0 Å². The summed E-state index contributed by atoms with van der Waals surface area (Å²) < 4.78 is 5.51. The van der Waals surface area contributed by atoms with E-state index in [0.29, 0.717) is 21.5 Å². The molecule has 0 saturated heterocycles. The number of nitrogens with zero attached hydrogens (tertiary/aromatic N) is 3. The number of anilines is 1. The molecule has 9 heteroatoms. The molecule has 0 aliphatic carbocycles. The predicted molar refractivity (Wildman–Crippen MR) is 69.9 cm³/mol. The number of nitrogen functional groups attached to an aromatic ring is 1.